The van der Waals surface area contributed by atoms with Gasteiger partial charge in [0.05, 0.1) is 5.56 Å². The molecule has 0 aliphatic carbocycles. The number of hydrogen-bond acceptors (Lipinski definition) is 4. The maximum atomic E-state index is 13.0. The second kappa shape index (κ2) is 7.93. The first-order chi connectivity index (χ1) is 13.2. The second-order valence-corrected chi connectivity index (χ2v) is 6.26. The van der Waals surface area contributed by atoms with Gasteiger partial charge < -0.3 is 14.5 Å². The van der Waals surface area contributed by atoms with E-state index in [0.29, 0.717) is 11.1 Å². The van der Waals surface area contributed by atoms with Crippen LogP contribution < -0.4 is 15.7 Å². The number of ether oxygens (including phenoxy) is 1. The fourth-order valence-electron chi connectivity index (χ4n) is 2.47. The van der Waals surface area contributed by atoms with E-state index in [9.17, 15) is 22.8 Å². The third-order valence-corrected chi connectivity index (χ3v) is 4.05. The normalized spacial score (nSPS) is 11.4. The Bertz CT molecular complexity index is 1060. The van der Waals surface area contributed by atoms with Crippen molar-refractivity contribution in [2.75, 3.05) is 6.61 Å². The lowest BCUT2D eigenvalue weighted by atomic mass is 10.1. The predicted octanol–water partition coefficient (Wildman–Crippen LogP) is 4.16. The number of nitrogens with one attached hydrogen (secondary N) is 1. The van der Waals surface area contributed by atoms with E-state index in [1.807, 2.05) is 0 Å². The van der Waals surface area contributed by atoms with Gasteiger partial charge in [-0.2, -0.15) is 13.2 Å². The van der Waals surface area contributed by atoms with E-state index in [4.69, 9.17) is 20.8 Å². The topological polar surface area (TPSA) is 68.5 Å². The maximum absolute atomic E-state index is 13.0. The number of halogens is 4. The fraction of sp³-hybridized carbons (Fsp3) is 0.158. The minimum Gasteiger partial charge on any atom is -0.484 e. The molecular formula is C19H13ClF3NO4. The zero-order chi connectivity index (χ0) is 20.3. The van der Waals surface area contributed by atoms with Gasteiger partial charge in [0, 0.05) is 29.1 Å². The van der Waals surface area contributed by atoms with E-state index >= 15 is 0 Å². The Balaban J connectivity index is 1.66. The average Bonchev–Trinajstić information content (AvgIpc) is 2.64. The van der Waals surface area contributed by atoms with Crippen molar-refractivity contribution in [2.45, 2.75) is 12.7 Å². The number of hydrogen-bond donors (Lipinski definition) is 1. The van der Waals surface area contributed by atoms with E-state index in [-0.39, 0.29) is 29.9 Å². The van der Waals surface area contributed by atoms with Crippen LogP contribution in [0.3, 0.4) is 0 Å². The quantitative estimate of drug-likeness (QED) is 0.640. The van der Waals surface area contributed by atoms with Crippen LogP contribution in [-0.2, 0) is 17.5 Å². The zero-order valence-electron chi connectivity index (χ0n) is 14.2. The molecule has 1 amide bonds. The SMILES string of the molecule is O=C(COc1ccc2c(C(F)(F)F)cc(=O)oc2c1)NCc1ccc(Cl)cc1. The number of amides is 1. The third kappa shape index (κ3) is 4.83. The molecule has 5 nitrogen and oxygen atoms in total. The van der Waals surface area contributed by atoms with Crippen molar-refractivity contribution in [1.82, 2.24) is 5.32 Å². The Morgan fingerprint density at radius 1 is 1.11 bits per heavy atom. The highest BCUT2D eigenvalue weighted by Crippen LogP contribution is 2.34. The number of alkyl halides is 3. The monoisotopic (exact) mass is 411 g/mol. The number of benzene rings is 2. The van der Waals surface area contributed by atoms with Crippen LogP contribution in [0.1, 0.15) is 11.1 Å². The van der Waals surface area contributed by atoms with Gasteiger partial charge in [0.15, 0.2) is 6.61 Å². The van der Waals surface area contributed by atoms with Gasteiger partial charge in [-0.1, -0.05) is 23.7 Å². The van der Waals surface area contributed by atoms with E-state index in [0.717, 1.165) is 17.7 Å². The minimum absolute atomic E-state index is 0.0941. The van der Waals surface area contributed by atoms with Crippen molar-refractivity contribution >= 4 is 28.5 Å². The van der Waals surface area contributed by atoms with E-state index in [2.05, 4.69) is 5.32 Å². The molecule has 3 rings (SSSR count). The lowest BCUT2D eigenvalue weighted by Crippen LogP contribution is -2.28. The van der Waals surface area contributed by atoms with Crippen LogP contribution in [0.4, 0.5) is 13.2 Å². The molecule has 28 heavy (non-hydrogen) atoms. The molecule has 0 aliphatic heterocycles. The smallest absolute Gasteiger partial charge is 0.417 e. The largest absolute Gasteiger partial charge is 0.484 e. The maximum Gasteiger partial charge on any atom is 0.417 e. The highest BCUT2D eigenvalue weighted by Gasteiger charge is 2.33. The highest BCUT2D eigenvalue weighted by atomic mass is 35.5. The molecular weight excluding hydrogens is 399 g/mol. The van der Waals surface area contributed by atoms with Gasteiger partial charge in [-0.3, -0.25) is 4.79 Å². The average molecular weight is 412 g/mol. The van der Waals surface area contributed by atoms with Crippen molar-refractivity contribution < 1.29 is 27.1 Å². The van der Waals surface area contributed by atoms with Crippen LogP contribution in [0.2, 0.25) is 5.02 Å². The fourth-order valence-corrected chi connectivity index (χ4v) is 2.60. The van der Waals surface area contributed by atoms with Crippen molar-refractivity contribution in [2.24, 2.45) is 0 Å². The summed E-state index contributed by atoms with van der Waals surface area (Å²) >= 11 is 5.78. The summed E-state index contributed by atoms with van der Waals surface area (Å²) in [7, 11) is 0. The third-order valence-electron chi connectivity index (χ3n) is 3.79. The summed E-state index contributed by atoms with van der Waals surface area (Å²) in [6.45, 7) is -0.0941. The molecule has 0 saturated carbocycles. The molecule has 0 bridgehead atoms. The number of carbonyl (C=O) groups excluding carboxylic acids is 1. The van der Waals surface area contributed by atoms with Crippen LogP contribution in [-0.4, -0.2) is 12.5 Å². The van der Waals surface area contributed by atoms with Gasteiger partial charge in [-0.05, 0) is 29.8 Å². The van der Waals surface area contributed by atoms with Gasteiger partial charge in [-0.25, -0.2) is 4.79 Å². The van der Waals surface area contributed by atoms with Gasteiger partial charge in [0.25, 0.3) is 5.91 Å². The number of carbonyl (C=O) groups is 1. The Labute approximate surface area is 161 Å². The molecule has 0 aliphatic rings. The molecule has 146 valence electrons. The molecule has 2 aromatic carbocycles. The summed E-state index contributed by atoms with van der Waals surface area (Å²) in [6.07, 6.45) is -4.70. The standard InChI is InChI=1S/C19H13ClF3NO4/c20-12-3-1-11(2-4-12)9-24-17(25)10-27-13-5-6-14-15(19(21,22)23)8-18(26)28-16(14)7-13/h1-8H,9-10H2,(H,24,25). The molecule has 0 saturated heterocycles. The zero-order valence-corrected chi connectivity index (χ0v) is 14.9. The molecule has 1 aromatic heterocycles. The summed E-state index contributed by atoms with van der Waals surface area (Å²) in [5.41, 5.74) is -1.66. The molecule has 0 atom stereocenters. The Morgan fingerprint density at radius 3 is 2.50 bits per heavy atom. The summed E-state index contributed by atoms with van der Waals surface area (Å²) in [5, 5.41) is 2.94. The molecule has 3 aromatic rings. The Morgan fingerprint density at radius 2 is 1.82 bits per heavy atom. The van der Waals surface area contributed by atoms with Crippen LogP contribution in [0.15, 0.2) is 57.7 Å². The van der Waals surface area contributed by atoms with Gasteiger partial charge in [-0.15, -0.1) is 0 Å². The molecule has 0 spiro atoms. The number of fused-ring (bicyclic) bond motifs is 1. The van der Waals surface area contributed by atoms with Crippen molar-refractivity contribution in [3.63, 3.8) is 0 Å². The predicted molar refractivity (Wildman–Crippen MR) is 96.3 cm³/mol. The lowest BCUT2D eigenvalue weighted by molar-refractivity contribution is -0.136. The van der Waals surface area contributed by atoms with Crippen molar-refractivity contribution in [3.05, 3.63) is 75.1 Å². The first kappa shape index (κ1) is 19.8. The first-order valence-corrected chi connectivity index (χ1v) is 8.39. The number of rotatable bonds is 5. The van der Waals surface area contributed by atoms with Gasteiger partial charge in [0.1, 0.15) is 11.3 Å². The lowest BCUT2D eigenvalue weighted by Gasteiger charge is -2.11. The second-order valence-electron chi connectivity index (χ2n) is 5.83. The van der Waals surface area contributed by atoms with Crippen molar-refractivity contribution in [1.29, 1.82) is 0 Å². The van der Waals surface area contributed by atoms with Crippen LogP contribution >= 0.6 is 11.6 Å². The van der Waals surface area contributed by atoms with Crippen LogP contribution in [0.5, 0.6) is 5.75 Å². The molecule has 9 heteroatoms. The molecule has 1 heterocycles. The van der Waals surface area contributed by atoms with Crippen molar-refractivity contribution in [3.8, 4) is 5.75 Å². The summed E-state index contributed by atoms with van der Waals surface area (Å²) in [4.78, 5) is 23.3. The molecule has 0 radical (unpaired) electrons. The Hall–Kier alpha value is -3.00. The van der Waals surface area contributed by atoms with E-state index < -0.39 is 23.3 Å². The van der Waals surface area contributed by atoms with Crippen LogP contribution in [0, 0.1) is 0 Å². The molecule has 1 N–H and O–H groups in total. The van der Waals surface area contributed by atoms with Gasteiger partial charge in [0.2, 0.25) is 0 Å². The van der Waals surface area contributed by atoms with E-state index in [1.54, 1.807) is 24.3 Å². The van der Waals surface area contributed by atoms with E-state index in [1.165, 1.54) is 6.07 Å². The van der Waals surface area contributed by atoms with Gasteiger partial charge >= 0.3 is 11.8 Å². The highest BCUT2D eigenvalue weighted by molar-refractivity contribution is 6.30. The first-order valence-electron chi connectivity index (χ1n) is 8.01. The Kier molecular flexibility index (Phi) is 5.60. The van der Waals surface area contributed by atoms with Crippen LogP contribution in [0.25, 0.3) is 11.0 Å². The minimum atomic E-state index is -4.70. The summed E-state index contributed by atoms with van der Waals surface area (Å²) < 4.78 is 49.2. The summed E-state index contributed by atoms with van der Waals surface area (Å²) in [6, 6.07) is 10.8. The molecule has 0 unspecified atom stereocenters. The molecule has 0 fully saturated rings. The summed E-state index contributed by atoms with van der Waals surface area (Å²) in [5.74, 6) is -0.336.